The summed E-state index contributed by atoms with van der Waals surface area (Å²) in [5.74, 6) is 0.765. The Morgan fingerprint density at radius 1 is 1.18 bits per heavy atom. The van der Waals surface area contributed by atoms with Crippen molar-refractivity contribution in [1.82, 2.24) is 8.61 Å². The summed E-state index contributed by atoms with van der Waals surface area (Å²) in [7, 11) is -3.27. The lowest BCUT2D eigenvalue weighted by molar-refractivity contribution is 0.292. The van der Waals surface area contributed by atoms with Crippen LogP contribution in [0.2, 0.25) is 0 Å². The summed E-state index contributed by atoms with van der Waals surface area (Å²) in [6.45, 7) is 4.04. The minimum Gasteiger partial charge on any atom is -0.195 e. The largest absolute Gasteiger partial charge is 0.282 e. The van der Waals surface area contributed by atoms with Crippen LogP contribution in [-0.2, 0) is 10.2 Å². The lowest BCUT2D eigenvalue weighted by Crippen LogP contribution is -2.49. The molecule has 0 radical (unpaired) electrons. The van der Waals surface area contributed by atoms with Crippen molar-refractivity contribution in [3.05, 3.63) is 0 Å². The molecule has 0 aromatic carbocycles. The fourth-order valence-corrected chi connectivity index (χ4v) is 5.26. The van der Waals surface area contributed by atoms with E-state index in [-0.39, 0.29) is 6.04 Å². The van der Waals surface area contributed by atoms with Crippen molar-refractivity contribution in [2.24, 2.45) is 5.92 Å². The number of piperidine rings is 1. The second-order valence-electron chi connectivity index (χ2n) is 5.07. The summed E-state index contributed by atoms with van der Waals surface area (Å²) in [4.78, 5) is 0. The average Bonchev–Trinajstić information content (AvgIpc) is 2.72. The van der Waals surface area contributed by atoms with Crippen molar-refractivity contribution >= 4 is 21.8 Å². The molecule has 100 valence electrons. The third-order valence-electron chi connectivity index (χ3n) is 3.93. The van der Waals surface area contributed by atoms with Gasteiger partial charge in [0.1, 0.15) is 0 Å². The minimum absolute atomic E-state index is 0.0245. The average molecular weight is 281 g/mol. The van der Waals surface area contributed by atoms with Gasteiger partial charge in [-0.1, -0.05) is 13.3 Å². The smallest absolute Gasteiger partial charge is 0.195 e. The van der Waals surface area contributed by atoms with Gasteiger partial charge in [0, 0.05) is 31.6 Å². The predicted octanol–water partition coefficient (Wildman–Crippen LogP) is 1.67. The highest BCUT2D eigenvalue weighted by molar-refractivity contribution is 7.86. The van der Waals surface area contributed by atoms with Crippen molar-refractivity contribution in [3.8, 4) is 0 Å². The summed E-state index contributed by atoms with van der Waals surface area (Å²) in [5, 5.41) is 0. The van der Waals surface area contributed by atoms with Gasteiger partial charge in [0.2, 0.25) is 0 Å². The topological polar surface area (TPSA) is 40.6 Å². The van der Waals surface area contributed by atoms with E-state index in [9.17, 15) is 8.42 Å². The zero-order valence-corrected chi connectivity index (χ0v) is 11.9. The molecule has 2 aliphatic rings. The van der Waals surface area contributed by atoms with Gasteiger partial charge in [-0.3, -0.25) is 0 Å². The zero-order chi connectivity index (χ0) is 12.5. The number of alkyl halides is 1. The molecule has 2 unspecified atom stereocenters. The van der Waals surface area contributed by atoms with Gasteiger partial charge in [0.15, 0.2) is 0 Å². The van der Waals surface area contributed by atoms with E-state index >= 15 is 0 Å². The Bertz CT molecular complexity index is 354. The maximum Gasteiger partial charge on any atom is 0.282 e. The number of halogens is 1. The lowest BCUT2D eigenvalue weighted by atomic mass is 10.1. The molecule has 0 saturated carbocycles. The Kier molecular flexibility index (Phi) is 4.34. The summed E-state index contributed by atoms with van der Waals surface area (Å²) in [6.07, 6.45) is 4.02. The lowest BCUT2D eigenvalue weighted by Gasteiger charge is -2.33. The first-order valence-electron chi connectivity index (χ1n) is 6.40. The third kappa shape index (κ3) is 2.62. The van der Waals surface area contributed by atoms with Crippen LogP contribution in [0.1, 0.15) is 32.6 Å². The number of rotatable bonds is 3. The molecule has 2 heterocycles. The molecule has 2 rings (SSSR count). The monoisotopic (exact) mass is 280 g/mol. The Hall–Kier alpha value is 0.160. The van der Waals surface area contributed by atoms with E-state index in [1.54, 1.807) is 8.61 Å². The molecule has 6 heteroatoms. The van der Waals surface area contributed by atoms with Gasteiger partial charge in [0.05, 0.1) is 0 Å². The van der Waals surface area contributed by atoms with Crippen molar-refractivity contribution in [2.75, 3.05) is 25.5 Å². The van der Waals surface area contributed by atoms with Crippen LogP contribution >= 0.6 is 11.6 Å². The highest BCUT2D eigenvalue weighted by atomic mass is 35.5. The van der Waals surface area contributed by atoms with Crippen LogP contribution in [0.4, 0.5) is 0 Å². The molecule has 0 aliphatic carbocycles. The quantitative estimate of drug-likeness (QED) is 0.738. The van der Waals surface area contributed by atoms with Crippen molar-refractivity contribution in [3.63, 3.8) is 0 Å². The highest BCUT2D eigenvalue weighted by Gasteiger charge is 2.41. The van der Waals surface area contributed by atoms with Gasteiger partial charge >= 0.3 is 0 Å². The first-order chi connectivity index (χ1) is 8.07. The standard InChI is InChI=1S/C11H21ClN2O2S/c1-10-5-8-14(11(10)9-12)17(15,16)13-6-3-2-4-7-13/h10-11H,2-9H2,1H3. The predicted molar refractivity (Wildman–Crippen MR) is 69.3 cm³/mol. The van der Waals surface area contributed by atoms with Crippen LogP contribution in [0.3, 0.4) is 0 Å². The molecule has 2 saturated heterocycles. The molecule has 4 nitrogen and oxygen atoms in total. The van der Waals surface area contributed by atoms with Crippen molar-refractivity contribution in [1.29, 1.82) is 0 Å². The van der Waals surface area contributed by atoms with Crippen LogP contribution in [0.15, 0.2) is 0 Å². The summed E-state index contributed by atoms with van der Waals surface area (Å²) >= 11 is 5.92. The van der Waals surface area contributed by atoms with Crippen LogP contribution < -0.4 is 0 Å². The number of nitrogens with zero attached hydrogens (tertiary/aromatic N) is 2. The molecule has 0 spiro atoms. The normalized spacial score (nSPS) is 33.1. The SMILES string of the molecule is CC1CCN(S(=O)(=O)N2CCCCC2)C1CCl. The maximum absolute atomic E-state index is 12.5. The number of hydrogen-bond acceptors (Lipinski definition) is 2. The summed E-state index contributed by atoms with van der Waals surface area (Å²) in [5.41, 5.74) is 0. The number of hydrogen-bond donors (Lipinski definition) is 0. The minimum atomic E-state index is -3.27. The Balaban J connectivity index is 2.14. The van der Waals surface area contributed by atoms with Gasteiger partial charge in [-0.25, -0.2) is 0 Å². The molecule has 2 aliphatic heterocycles. The van der Waals surface area contributed by atoms with E-state index < -0.39 is 10.2 Å². The van der Waals surface area contributed by atoms with Crippen molar-refractivity contribution < 1.29 is 8.42 Å². The highest BCUT2D eigenvalue weighted by Crippen LogP contribution is 2.29. The van der Waals surface area contributed by atoms with E-state index in [4.69, 9.17) is 11.6 Å². The molecule has 0 N–H and O–H groups in total. The molecule has 0 aromatic rings. The van der Waals surface area contributed by atoms with Gasteiger partial charge in [-0.05, 0) is 25.2 Å². The second-order valence-corrected chi connectivity index (χ2v) is 7.26. The fraction of sp³-hybridized carbons (Fsp3) is 1.00. The van der Waals surface area contributed by atoms with Crippen LogP contribution in [0.5, 0.6) is 0 Å². The van der Waals surface area contributed by atoms with E-state index in [0.717, 1.165) is 25.7 Å². The summed E-state index contributed by atoms with van der Waals surface area (Å²) < 4.78 is 28.2. The summed E-state index contributed by atoms with van der Waals surface area (Å²) in [6, 6.07) is -0.0245. The zero-order valence-electron chi connectivity index (χ0n) is 10.3. The molecular formula is C11H21ClN2O2S. The first kappa shape index (κ1) is 13.6. The molecule has 0 amide bonds. The fourth-order valence-electron chi connectivity index (χ4n) is 2.73. The van der Waals surface area contributed by atoms with E-state index in [0.29, 0.717) is 31.4 Å². The maximum atomic E-state index is 12.5. The Morgan fingerprint density at radius 2 is 1.82 bits per heavy atom. The molecular weight excluding hydrogens is 260 g/mol. The first-order valence-corrected chi connectivity index (χ1v) is 8.33. The van der Waals surface area contributed by atoms with Gasteiger partial charge < -0.3 is 0 Å². The Morgan fingerprint density at radius 3 is 2.41 bits per heavy atom. The van der Waals surface area contributed by atoms with E-state index in [1.165, 1.54) is 0 Å². The molecule has 2 fully saturated rings. The van der Waals surface area contributed by atoms with Crippen molar-refractivity contribution in [2.45, 2.75) is 38.6 Å². The van der Waals surface area contributed by atoms with E-state index in [2.05, 4.69) is 6.92 Å². The molecule has 2 atom stereocenters. The second kappa shape index (κ2) is 5.43. The van der Waals surface area contributed by atoms with E-state index in [1.807, 2.05) is 0 Å². The van der Waals surface area contributed by atoms with Gasteiger partial charge in [-0.15, -0.1) is 11.6 Å². The molecule has 0 bridgehead atoms. The molecule has 0 aromatic heterocycles. The molecule has 17 heavy (non-hydrogen) atoms. The van der Waals surface area contributed by atoms with Crippen LogP contribution in [-0.4, -0.2) is 48.6 Å². The van der Waals surface area contributed by atoms with Gasteiger partial charge in [0.25, 0.3) is 10.2 Å². The third-order valence-corrected chi connectivity index (χ3v) is 6.31. The van der Waals surface area contributed by atoms with Crippen LogP contribution in [0, 0.1) is 5.92 Å². The Labute approximate surface area is 109 Å². The van der Waals surface area contributed by atoms with Crippen LogP contribution in [0.25, 0.3) is 0 Å². The van der Waals surface area contributed by atoms with Gasteiger partial charge in [-0.2, -0.15) is 17.0 Å².